The SMILES string of the molecule is CCN1C(=O)C(C(=O)OC)C(=O)c2cc(Nc3ccc(OC)cc3C)cc(C)c21. The van der Waals surface area contributed by atoms with Gasteiger partial charge in [0.25, 0.3) is 0 Å². The van der Waals surface area contributed by atoms with Gasteiger partial charge in [-0.05, 0) is 62.2 Å². The van der Waals surface area contributed by atoms with Crippen LogP contribution in [0.25, 0.3) is 0 Å². The van der Waals surface area contributed by atoms with Crippen molar-refractivity contribution in [3.63, 3.8) is 0 Å². The summed E-state index contributed by atoms with van der Waals surface area (Å²) in [7, 11) is 2.78. The number of nitrogens with zero attached hydrogens (tertiary/aromatic N) is 1. The van der Waals surface area contributed by atoms with Gasteiger partial charge in [0.2, 0.25) is 5.91 Å². The number of carbonyl (C=O) groups excluding carboxylic acids is 3. The van der Waals surface area contributed by atoms with E-state index in [4.69, 9.17) is 9.47 Å². The summed E-state index contributed by atoms with van der Waals surface area (Å²) >= 11 is 0. The maximum absolute atomic E-state index is 13.0. The van der Waals surface area contributed by atoms with E-state index in [0.29, 0.717) is 23.5 Å². The molecule has 7 heteroatoms. The molecule has 7 nitrogen and oxygen atoms in total. The van der Waals surface area contributed by atoms with Gasteiger partial charge in [-0.3, -0.25) is 14.4 Å². The third-order valence-electron chi connectivity index (χ3n) is 5.08. The van der Waals surface area contributed by atoms with E-state index < -0.39 is 23.6 Å². The third kappa shape index (κ3) is 3.55. The first kappa shape index (κ1) is 20.4. The molecule has 0 saturated carbocycles. The van der Waals surface area contributed by atoms with Crippen molar-refractivity contribution in [3.05, 3.63) is 47.0 Å². The molecule has 0 fully saturated rings. The fraction of sp³-hybridized carbons (Fsp3) is 0.318. The number of ketones is 1. The number of anilines is 3. The van der Waals surface area contributed by atoms with Crippen molar-refractivity contribution in [1.82, 2.24) is 0 Å². The second-order valence-electron chi connectivity index (χ2n) is 6.90. The predicted molar refractivity (Wildman–Crippen MR) is 110 cm³/mol. The molecule has 152 valence electrons. The maximum Gasteiger partial charge on any atom is 0.326 e. The second-order valence-corrected chi connectivity index (χ2v) is 6.90. The van der Waals surface area contributed by atoms with Crippen molar-refractivity contribution < 1.29 is 23.9 Å². The average molecular weight is 396 g/mol. The van der Waals surface area contributed by atoms with Crippen molar-refractivity contribution in [1.29, 1.82) is 0 Å². The molecule has 1 atom stereocenters. The van der Waals surface area contributed by atoms with Crippen molar-refractivity contribution in [2.45, 2.75) is 20.8 Å². The average Bonchev–Trinajstić information content (AvgIpc) is 2.70. The number of hydrogen-bond acceptors (Lipinski definition) is 6. The first-order valence-corrected chi connectivity index (χ1v) is 9.32. The van der Waals surface area contributed by atoms with E-state index in [0.717, 1.165) is 22.6 Å². The van der Waals surface area contributed by atoms with Crippen LogP contribution in [0, 0.1) is 19.8 Å². The molecule has 1 N–H and O–H groups in total. The number of fused-ring (bicyclic) bond motifs is 1. The first-order valence-electron chi connectivity index (χ1n) is 9.32. The van der Waals surface area contributed by atoms with Gasteiger partial charge in [-0.1, -0.05) is 0 Å². The van der Waals surface area contributed by atoms with Crippen LogP contribution in [0.1, 0.15) is 28.4 Å². The summed E-state index contributed by atoms with van der Waals surface area (Å²) in [4.78, 5) is 39.3. The number of ether oxygens (including phenoxy) is 2. The number of benzene rings is 2. The fourth-order valence-corrected chi connectivity index (χ4v) is 3.63. The number of Topliss-reactive ketones (excluding diaryl/α,β-unsaturated/α-hetero) is 1. The summed E-state index contributed by atoms with van der Waals surface area (Å²) in [6, 6.07) is 9.20. The lowest BCUT2D eigenvalue weighted by Gasteiger charge is -2.33. The van der Waals surface area contributed by atoms with Crippen LogP contribution in [0.15, 0.2) is 30.3 Å². The molecule has 1 heterocycles. The van der Waals surface area contributed by atoms with E-state index in [-0.39, 0.29) is 0 Å². The number of methoxy groups -OCH3 is 2. The Morgan fingerprint density at radius 3 is 2.41 bits per heavy atom. The largest absolute Gasteiger partial charge is 0.497 e. The number of aryl methyl sites for hydroxylation is 2. The molecule has 3 rings (SSSR count). The Morgan fingerprint density at radius 1 is 1.10 bits per heavy atom. The molecular formula is C22H24N2O5. The summed E-state index contributed by atoms with van der Waals surface area (Å²) < 4.78 is 9.93. The Labute approximate surface area is 169 Å². The first-order chi connectivity index (χ1) is 13.8. The number of rotatable bonds is 5. The quantitative estimate of drug-likeness (QED) is 0.616. The summed E-state index contributed by atoms with van der Waals surface area (Å²) in [6.07, 6.45) is 0. The van der Waals surface area contributed by atoms with Crippen molar-refractivity contribution >= 4 is 34.7 Å². The van der Waals surface area contributed by atoms with Crippen LogP contribution in [-0.4, -0.2) is 38.4 Å². The van der Waals surface area contributed by atoms with Gasteiger partial charge in [0.1, 0.15) is 5.75 Å². The van der Waals surface area contributed by atoms with Gasteiger partial charge in [-0.25, -0.2) is 0 Å². The molecule has 1 amide bonds. The lowest BCUT2D eigenvalue weighted by Crippen LogP contribution is -2.48. The lowest BCUT2D eigenvalue weighted by molar-refractivity contribution is -0.147. The molecule has 0 saturated heterocycles. The summed E-state index contributed by atoms with van der Waals surface area (Å²) in [5.74, 6) is -2.65. The van der Waals surface area contributed by atoms with Crippen LogP contribution in [0.3, 0.4) is 0 Å². The Hall–Kier alpha value is -3.35. The molecule has 2 aromatic carbocycles. The highest BCUT2D eigenvalue weighted by Crippen LogP contribution is 2.37. The summed E-state index contributed by atoms with van der Waals surface area (Å²) in [6.45, 7) is 5.94. The number of carbonyl (C=O) groups is 3. The zero-order chi connectivity index (χ0) is 21.3. The van der Waals surface area contributed by atoms with Gasteiger partial charge in [0.05, 0.1) is 19.9 Å². The van der Waals surface area contributed by atoms with Crippen LogP contribution in [0.4, 0.5) is 17.1 Å². The topological polar surface area (TPSA) is 84.9 Å². The Morgan fingerprint density at radius 2 is 1.83 bits per heavy atom. The minimum absolute atomic E-state index is 0.329. The molecule has 0 radical (unpaired) electrons. The normalized spacial score (nSPS) is 15.8. The summed E-state index contributed by atoms with van der Waals surface area (Å²) in [5.41, 5.74) is 4.17. The highest BCUT2D eigenvalue weighted by atomic mass is 16.5. The molecule has 1 aliphatic heterocycles. The number of esters is 1. The molecule has 0 spiro atoms. The van der Waals surface area contributed by atoms with Crippen LogP contribution >= 0.6 is 0 Å². The zero-order valence-electron chi connectivity index (χ0n) is 17.2. The minimum atomic E-state index is -1.47. The van der Waals surface area contributed by atoms with E-state index in [1.54, 1.807) is 20.1 Å². The van der Waals surface area contributed by atoms with E-state index in [2.05, 4.69) is 5.32 Å². The van der Waals surface area contributed by atoms with E-state index in [1.165, 1.54) is 12.0 Å². The fourth-order valence-electron chi connectivity index (χ4n) is 3.63. The number of hydrogen-bond donors (Lipinski definition) is 1. The number of nitrogens with one attached hydrogen (secondary N) is 1. The molecule has 2 aromatic rings. The van der Waals surface area contributed by atoms with Gasteiger partial charge in [0.15, 0.2) is 11.7 Å². The van der Waals surface area contributed by atoms with E-state index >= 15 is 0 Å². The molecule has 0 aromatic heterocycles. The van der Waals surface area contributed by atoms with Crippen LogP contribution in [0.2, 0.25) is 0 Å². The zero-order valence-corrected chi connectivity index (χ0v) is 17.2. The van der Waals surface area contributed by atoms with Gasteiger partial charge >= 0.3 is 5.97 Å². The molecular weight excluding hydrogens is 372 g/mol. The Kier molecular flexibility index (Phi) is 5.59. The maximum atomic E-state index is 13.0. The standard InChI is InChI=1S/C22H24N2O5/c1-6-24-19-13(3)9-14(23-17-8-7-15(28-4)10-12(17)2)11-16(19)20(25)18(21(24)26)22(27)29-5/h7-11,18,23H,6H2,1-5H3. The molecule has 1 unspecified atom stereocenters. The molecule has 29 heavy (non-hydrogen) atoms. The monoisotopic (exact) mass is 396 g/mol. The van der Waals surface area contributed by atoms with Crippen LogP contribution in [-0.2, 0) is 14.3 Å². The predicted octanol–water partition coefficient (Wildman–Crippen LogP) is 3.39. The smallest absolute Gasteiger partial charge is 0.326 e. The molecule has 1 aliphatic rings. The number of amides is 1. The Balaban J connectivity index is 2.06. The second kappa shape index (κ2) is 7.95. The van der Waals surface area contributed by atoms with Crippen molar-refractivity contribution in [2.75, 3.05) is 31.0 Å². The van der Waals surface area contributed by atoms with Crippen molar-refractivity contribution in [3.8, 4) is 5.75 Å². The van der Waals surface area contributed by atoms with Crippen LogP contribution < -0.4 is 15.0 Å². The van der Waals surface area contributed by atoms with E-state index in [1.807, 2.05) is 38.1 Å². The van der Waals surface area contributed by atoms with Gasteiger partial charge in [-0.2, -0.15) is 0 Å². The van der Waals surface area contributed by atoms with Crippen molar-refractivity contribution in [2.24, 2.45) is 5.92 Å². The summed E-state index contributed by atoms with van der Waals surface area (Å²) in [5, 5.41) is 3.31. The van der Waals surface area contributed by atoms with Gasteiger partial charge < -0.3 is 19.7 Å². The Bertz CT molecular complexity index is 999. The van der Waals surface area contributed by atoms with E-state index in [9.17, 15) is 14.4 Å². The molecule has 0 aliphatic carbocycles. The molecule has 0 bridgehead atoms. The lowest BCUT2D eigenvalue weighted by atomic mass is 9.88. The van der Waals surface area contributed by atoms with Gasteiger partial charge in [0, 0.05) is 23.5 Å². The van der Waals surface area contributed by atoms with Crippen LogP contribution in [0.5, 0.6) is 5.75 Å². The minimum Gasteiger partial charge on any atom is -0.497 e. The highest BCUT2D eigenvalue weighted by Gasteiger charge is 2.45. The third-order valence-corrected chi connectivity index (χ3v) is 5.08. The highest BCUT2D eigenvalue weighted by molar-refractivity contribution is 6.30. The van der Waals surface area contributed by atoms with Gasteiger partial charge in [-0.15, -0.1) is 0 Å².